The number of carbonyl (C=O) groups is 2. The topological polar surface area (TPSA) is 143 Å². The number of benzene rings is 5. The van der Waals surface area contributed by atoms with E-state index in [4.69, 9.17) is 4.74 Å². The number of aryl methyl sites for hydroxylation is 1. The van der Waals surface area contributed by atoms with Crippen molar-refractivity contribution >= 4 is 34.6 Å². The molecule has 248 valence electrons. The summed E-state index contributed by atoms with van der Waals surface area (Å²) in [5.41, 5.74) is 4.47. The van der Waals surface area contributed by atoms with Crippen LogP contribution in [0.3, 0.4) is 0 Å². The fraction of sp³-hybridized carbons (Fsp3) is 0.158. The molecular weight excluding hydrogens is 627 g/mol. The van der Waals surface area contributed by atoms with Crippen LogP contribution in [0.1, 0.15) is 45.2 Å². The van der Waals surface area contributed by atoms with Crippen LogP contribution in [0, 0.1) is 15.9 Å². The number of anilines is 3. The number of phenols is 1. The number of halogens is 1. The Labute approximate surface area is 281 Å². The number of hydrogen-bond acceptors (Lipinski definition) is 7. The van der Waals surface area contributed by atoms with E-state index >= 15 is 0 Å². The molecule has 5 aromatic rings. The summed E-state index contributed by atoms with van der Waals surface area (Å²) in [6.45, 7) is 2.18. The van der Waals surface area contributed by atoms with Crippen molar-refractivity contribution in [3.05, 3.63) is 141 Å². The summed E-state index contributed by atoms with van der Waals surface area (Å²) >= 11 is 0. The van der Waals surface area contributed by atoms with Gasteiger partial charge in [-0.2, -0.15) is 0 Å². The lowest BCUT2D eigenvalue weighted by Crippen LogP contribution is -2.39. The maximum Gasteiger partial charge on any atom is 0.310 e. The molecule has 1 heterocycles. The zero-order chi connectivity index (χ0) is 34.7. The van der Waals surface area contributed by atoms with Crippen LogP contribution in [0.5, 0.6) is 11.5 Å². The first kappa shape index (κ1) is 32.7. The molecule has 0 saturated heterocycles. The van der Waals surface area contributed by atoms with Gasteiger partial charge in [0.1, 0.15) is 11.6 Å². The van der Waals surface area contributed by atoms with Crippen LogP contribution in [-0.4, -0.2) is 35.5 Å². The molecule has 5 aromatic carbocycles. The number of nitro benzene ring substituents is 1. The fourth-order valence-corrected chi connectivity index (χ4v) is 5.98. The van der Waals surface area contributed by atoms with Crippen LogP contribution in [0.4, 0.5) is 27.1 Å². The zero-order valence-electron chi connectivity index (χ0n) is 26.7. The Kier molecular flexibility index (Phi) is 9.00. The van der Waals surface area contributed by atoms with Crippen LogP contribution in [0.15, 0.2) is 103 Å². The van der Waals surface area contributed by atoms with Crippen molar-refractivity contribution in [3.63, 3.8) is 0 Å². The first-order chi connectivity index (χ1) is 23.5. The Morgan fingerprint density at radius 3 is 2.45 bits per heavy atom. The van der Waals surface area contributed by atoms with E-state index in [1.165, 1.54) is 31.4 Å². The molecule has 0 radical (unpaired) electrons. The molecule has 6 rings (SSSR count). The van der Waals surface area contributed by atoms with E-state index in [2.05, 4.69) is 16.0 Å². The Bertz CT molecular complexity index is 2100. The van der Waals surface area contributed by atoms with Crippen molar-refractivity contribution in [2.24, 2.45) is 0 Å². The molecule has 0 bridgehead atoms. The highest BCUT2D eigenvalue weighted by molar-refractivity contribution is 6.12. The van der Waals surface area contributed by atoms with E-state index in [1.807, 2.05) is 31.2 Å². The van der Waals surface area contributed by atoms with Gasteiger partial charge in [-0.05, 0) is 95.8 Å². The standard InChI is InChI=1S/C38H33FN4O6/c1-38(17-16-23-6-5-7-27(39)18-23,22-40-36(45)29-8-3-4-9-34(29)44)26-12-14-30-32(21-26)42-37(46)28-13-10-24(19-31(28)41-30)25-11-15-33(43(47)48)35(20-25)49-2/h3-15,18-21,41,44H,16-17,22H2,1-2H3,(H,40,45)(H,42,46). The van der Waals surface area contributed by atoms with E-state index in [1.54, 1.807) is 54.6 Å². The zero-order valence-corrected chi connectivity index (χ0v) is 26.7. The molecule has 0 spiro atoms. The van der Waals surface area contributed by atoms with Crippen LogP contribution >= 0.6 is 0 Å². The number of carbonyl (C=O) groups excluding carboxylic acids is 2. The van der Waals surface area contributed by atoms with Gasteiger partial charge in [-0.25, -0.2) is 4.39 Å². The quantitative estimate of drug-likeness (QED) is 0.0886. The Morgan fingerprint density at radius 2 is 1.69 bits per heavy atom. The third-order valence-electron chi connectivity index (χ3n) is 8.85. The van der Waals surface area contributed by atoms with Gasteiger partial charge in [0.25, 0.3) is 11.8 Å². The van der Waals surface area contributed by atoms with E-state index in [-0.39, 0.29) is 41.0 Å². The molecule has 0 saturated carbocycles. The van der Waals surface area contributed by atoms with Crippen molar-refractivity contribution in [3.8, 4) is 22.6 Å². The second kappa shape index (κ2) is 13.5. The molecule has 1 atom stereocenters. The SMILES string of the molecule is COc1cc(-c2ccc3c(c2)Nc2ccc(C(C)(CCc4cccc(F)c4)CNC(=O)c4ccccc4O)cc2NC3=O)ccc1[N+](=O)[O-]. The summed E-state index contributed by atoms with van der Waals surface area (Å²) < 4.78 is 19.2. The van der Waals surface area contributed by atoms with Crippen LogP contribution in [-0.2, 0) is 11.8 Å². The van der Waals surface area contributed by atoms with Crippen LogP contribution < -0.4 is 20.7 Å². The number of rotatable bonds is 10. The van der Waals surface area contributed by atoms with Gasteiger partial charge in [-0.1, -0.05) is 43.3 Å². The second-order valence-electron chi connectivity index (χ2n) is 12.1. The van der Waals surface area contributed by atoms with Gasteiger partial charge < -0.3 is 25.8 Å². The molecule has 0 aromatic heterocycles. The average molecular weight is 661 g/mol. The number of methoxy groups -OCH3 is 1. The molecule has 4 N–H and O–H groups in total. The first-order valence-electron chi connectivity index (χ1n) is 15.5. The van der Waals surface area contributed by atoms with Gasteiger partial charge >= 0.3 is 5.69 Å². The van der Waals surface area contributed by atoms with E-state index < -0.39 is 16.2 Å². The van der Waals surface area contributed by atoms with Crippen molar-refractivity contribution in [1.29, 1.82) is 0 Å². The summed E-state index contributed by atoms with van der Waals surface area (Å²) in [7, 11) is 1.37. The molecule has 10 nitrogen and oxygen atoms in total. The highest BCUT2D eigenvalue weighted by Gasteiger charge is 2.30. The minimum absolute atomic E-state index is 0.123. The summed E-state index contributed by atoms with van der Waals surface area (Å²) in [5.74, 6) is -1.10. The number of aromatic hydroxyl groups is 1. The minimum atomic E-state index is -0.673. The van der Waals surface area contributed by atoms with Gasteiger partial charge in [-0.3, -0.25) is 19.7 Å². The number of nitrogens with one attached hydrogen (secondary N) is 3. The summed E-state index contributed by atoms with van der Waals surface area (Å²) in [5, 5.41) is 30.9. The van der Waals surface area contributed by atoms with Gasteiger partial charge in [0, 0.05) is 18.0 Å². The Morgan fingerprint density at radius 1 is 0.918 bits per heavy atom. The molecular formula is C38H33FN4O6. The third kappa shape index (κ3) is 6.91. The Balaban J connectivity index is 1.31. The van der Waals surface area contributed by atoms with Crippen molar-refractivity contribution in [1.82, 2.24) is 5.32 Å². The first-order valence-corrected chi connectivity index (χ1v) is 15.5. The highest BCUT2D eigenvalue weighted by Crippen LogP contribution is 2.40. The van der Waals surface area contributed by atoms with E-state index in [9.17, 15) is 29.2 Å². The lowest BCUT2D eigenvalue weighted by Gasteiger charge is -2.32. The maximum absolute atomic E-state index is 14.0. The number of nitro groups is 1. The largest absolute Gasteiger partial charge is 0.507 e. The number of nitrogens with zero attached hydrogens (tertiary/aromatic N) is 1. The van der Waals surface area contributed by atoms with Gasteiger partial charge in [-0.15, -0.1) is 0 Å². The number of fused-ring (bicyclic) bond motifs is 2. The summed E-state index contributed by atoms with van der Waals surface area (Å²) in [4.78, 5) is 37.4. The van der Waals surface area contributed by atoms with E-state index in [0.717, 1.165) is 16.7 Å². The lowest BCUT2D eigenvalue weighted by molar-refractivity contribution is -0.385. The molecule has 49 heavy (non-hydrogen) atoms. The molecule has 0 fully saturated rings. The van der Waals surface area contributed by atoms with E-state index in [0.29, 0.717) is 41.0 Å². The predicted octanol–water partition coefficient (Wildman–Crippen LogP) is 7.74. The predicted molar refractivity (Wildman–Crippen MR) is 185 cm³/mol. The number of para-hydroxylation sites is 1. The number of ether oxygens (including phenoxy) is 1. The lowest BCUT2D eigenvalue weighted by atomic mass is 9.77. The molecule has 11 heteroatoms. The highest BCUT2D eigenvalue weighted by atomic mass is 19.1. The second-order valence-corrected chi connectivity index (χ2v) is 12.1. The smallest absolute Gasteiger partial charge is 0.310 e. The molecule has 0 aliphatic carbocycles. The third-order valence-corrected chi connectivity index (χ3v) is 8.85. The normalized spacial score (nSPS) is 13.1. The monoisotopic (exact) mass is 660 g/mol. The van der Waals surface area contributed by atoms with Gasteiger partial charge in [0.05, 0.1) is 40.2 Å². The average Bonchev–Trinajstić information content (AvgIpc) is 3.24. The van der Waals surface area contributed by atoms with Crippen LogP contribution in [0.25, 0.3) is 11.1 Å². The molecule has 2 amide bonds. The van der Waals surface area contributed by atoms with Crippen molar-refractivity contribution < 1.29 is 28.7 Å². The van der Waals surface area contributed by atoms with Crippen molar-refractivity contribution in [2.45, 2.75) is 25.2 Å². The molecule has 1 aliphatic rings. The number of phenolic OH excluding ortho intramolecular Hbond substituents is 1. The van der Waals surface area contributed by atoms with Gasteiger partial charge in [0.15, 0.2) is 5.75 Å². The number of hydrogen-bond donors (Lipinski definition) is 4. The summed E-state index contributed by atoms with van der Waals surface area (Å²) in [6, 6.07) is 28.2. The molecule has 1 unspecified atom stereocenters. The Hall–Kier alpha value is -6.23. The number of amides is 2. The minimum Gasteiger partial charge on any atom is -0.507 e. The van der Waals surface area contributed by atoms with Crippen LogP contribution in [0.2, 0.25) is 0 Å². The fourth-order valence-electron chi connectivity index (χ4n) is 5.98. The van der Waals surface area contributed by atoms with Gasteiger partial charge in [0.2, 0.25) is 0 Å². The van der Waals surface area contributed by atoms with Crippen molar-refractivity contribution in [2.75, 3.05) is 24.3 Å². The summed E-state index contributed by atoms with van der Waals surface area (Å²) in [6.07, 6.45) is 1.05. The molecule has 1 aliphatic heterocycles. The maximum atomic E-state index is 14.0.